The Hall–Kier alpha value is -2.41. The first-order valence-electron chi connectivity index (χ1n) is 9.51. The van der Waals surface area contributed by atoms with Gasteiger partial charge in [-0.2, -0.15) is 5.10 Å². The Morgan fingerprint density at radius 1 is 1.07 bits per heavy atom. The van der Waals surface area contributed by atoms with Crippen LogP contribution < -0.4 is 10.6 Å². The maximum absolute atomic E-state index is 6.27. The Bertz CT molecular complexity index is 983. The number of piperidine rings is 1. The SMILES string of the molecule is Nc1cc(-c2n[nH]c3nc(N4CCC5(CCCC5)CC4)cnc23)c(Cl)cn1. The van der Waals surface area contributed by atoms with Gasteiger partial charge in [-0.15, -0.1) is 0 Å². The molecule has 4 heterocycles. The van der Waals surface area contributed by atoms with Crippen molar-refractivity contribution in [2.75, 3.05) is 23.7 Å². The molecule has 1 aliphatic carbocycles. The summed E-state index contributed by atoms with van der Waals surface area (Å²) < 4.78 is 0. The van der Waals surface area contributed by atoms with Crippen molar-refractivity contribution in [2.45, 2.75) is 38.5 Å². The van der Waals surface area contributed by atoms with Gasteiger partial charge < -0.3 is 10.6 Å². The standard InChI is InChI=1S/C19H22ClN7/c20-13-10-22-14(21)9-12(13)16-17-18(26-25-16)24-15(11-23-17)27-7-5-19(6-8-27)3-1-2-4-19/h9-11H,1-8H2,(H2,21,22)(H,24,25,26). The van der Waals surface area contributed by atoms with Crippen LogP contribution >= 0.6 is 11.6 Å². The highest BCUT2D eigenvalue weighted by Crippen LogP contribution is 2.46. The van der Waals surface area contributed by atoms with Gasteiger partial charge in [-0.1, -0.05) is 24.4 Å². The third-order valence-corrected chi connectivity index (χ3v) is 6.50. The summed E-state index contributed by atoms with van der Waals surface area (Å²) in [5, 5.41) is 7.85. The van der Waals surface area contributed by atoms with Crippen molar-refractivity contribution in [1.29, 1.82) is 0 Å². The van der Waals surface area contributed by atoms with E-state index in [1.165, 1.54) is 44.7 Å². The lowest BCUT2D eigenvalue weighted by Gasteiger charge is -2.39. The van der Waals surface area contributed by atoms with E-state index in [9.17, 15) is 0 Å². The van der Waals surface area contributed by atoms with Crippen LogP contribution in [0.15, 0.2) is 18.5 Å². The van der Waals surface area contributed by atoms with Crippen LogP contribution in [0, 0.1) is 5.41 Å². The van der Waals surface area contributed by atoms with E-state index in [0.29, 0.717) is 38.7 Å². The molecule has 2 fully saturated rings. The van der Waals surface area contributed by atoms with Crippen molar-refractivity contribution in [1.82, 2.24) is 25.1 Å². The number of rotatable bonds is 2. The van der Waals surface area contributed by atoms with Crippen molar-refractivity contribution in [3.63, 3.8) is 0 Å². The van der Waals surface area contributed by atoms with Crippen molar-refractivity contribution in [3.05, 3.63) is 23.5 Å². The number of halogens is 1. The number of hydrogen-bond donors (Lipinski definition) is 2. The van der Waals surface area contributed by atoms with E-state index >= 15 is 0 Å². The Kier molecular flexibility index (Phi) is 3.93. The molecule has 0 amide bonds. The Morgan fingerprint density at radius 2 is 1.85 bits per heavy atom. The predicted molar refractivity (Wildman–Crippen MR) is 107 cm³/mol. The van der Waals surface area contributed by atoms with Crippen molar-refractivity contribution in [2.24, 2.45) is 5.41 Å². The number of nitrogens with two attached hydrogens (primary N) is 1. The highest BCUT2D eigenvalue weighted by Gasteiger charge is 2.37. The smallest absolute Gasteiger partial charge is 0.177 e. The van der Waals surface area contributed by atoms with E-state index in [-0.39, 0.29) is 0 Å². The van der Waals surface area contributed by atoms with Crippen molar-refractivity contribution >= 4 is 34.4 Å². The van der Waals surface area contributed by atoms with Gasteiger partial charge in [0.15, 0.2) is 5.65 Å². The third kappa shape index (κ3) is 2.90. The zero-order valence-electron chi connectivity index (χ0n) is 15.1. The van der Waals surface area contributed by atoms with Crippen LogP contribution in [-0.2, 0) is 0 Å². The molecule has 7 nitrogen and oxygen atoms in total. The molecule has 3 aromatic rings. The topological polar surface area (TPSA) is 96.6 Å². The third-order valence-electron chi connectivity index (χ3n) is 6.20. The van der Waals surface area contributed by atoms with E-state index in [0.717, 1.165) is 18.9 Å². The van der Waals surface area contributed by atoms with E-state index in [4.69, 9.17) is 22.3 Å². The molecule has 27 heavy (non-hydrogen) atoms. The van der Waals surface area contributed by atoms with Crippen LogP contribution in [0.2, 0.25) is 5.02 Å². The summed E-state index contributed by atoms with van der Waals surface area (Å²) in [4.78, 5) is 15.7. The monoisotopic (exact) mass is 383 g/mol. The first-order valence-corrected chi connectivity index (χ1v) is 9.89. The molecule has 1 saturated carbocycles. The normalized spacial score (nSPS) is 19.2. The zero-order chi connectivity index (χ0) is 18.4. The lowest BCUT2D eigenvalue weighted by atomic mass is 9.77. The van der Waals surface area contributed by atoms with Crippen LogP contribution in [0.25, 0.3) is 22.4 Å². The van der Waals surface area contributed by atoms with Gasteiger partial charge in [-0.3, -0.25) is 5.10 Å². The minimum atomic E-state index is 0.393. The lowest BCUT2D eigenvalue weighted by molar-refractivity contribution is 0.226. The second kappa shape index (κ2) is 6.34. The number of H-pyrrole nitrogens is 1. The number of fused-ring (bicyclic) bond motifs is 1. The van der Waals surface area contributed by atoms with Gasteiger partial charge in [0.05, 0.1) is 11.2 Å². The van der Waals surface area contributed by atoms with E-state index in [1.54, 1.807) is 6.07 Å². The van der Waals surface area contributed by atoms with Gasteiger partial charge >= 0.3 is 0 Å². The van der Waals surface area contributed by atoms with E-state index in [1.807, 2.05) is 6.20 Å². The Morgan fingerprint density at radius 3 is 2.63 bits per heavy atom. The average molecular weight is 384 g/mol. The molecular weight excluding hydrogens is 362 g/mol. The number of nitrogen functional groups attached to an aromatic ring is 1. The van der Waals surface area contributed by atoms with Gasteiger partial charge in [0.2, 0.25) is 0 Å². The molecule has 0 unspecified atom stereocenters. The lowest BCUT2D eigenvalue weighted by Crippen LogP contribution is -2.39. The van der Waals surface area contributed by atoms with Gasteiger partial charge in [0.1, 0.15) is 22.8 Å². The summed E-state index contributed by atoms with van der Waals surface area (Å²) in [5.74, 6) is 1.30. The number of nitrogens with one attached hydrogen (secondary N) is 1. The fraction of sp³-hybridized carbons (Fsp3) is 0.474. The molecule has 8 heteroatoms. The summed E-state index contributed by atoms with van der Waals surface area (Å²) in [6.07, 6.45) is 11.5. The molecule has 1 saturated heterocycles. The summed E-state index contributed by atoms with van der Waals surface area (Å²) in [6, 6.07) is 1.71. The van der Waals surface area contributed by atoms with Gasteiger partial charge in [-0.25, -0.2) is 15.0 Å². The fourth-order valence-corrected chi connectivity index (χ4v) is 4.80. The Balaban J connectivity index is 1.43. The fourth-order valence-electron chi connectivity index (χ4n) is 4.60. The molecule has 0 radical (unpaired) electrons. The molecular formula is C19H22ClN7. The molecule has 3 N–H and O–H groups in total. The molecule has 0 atom stereocenters. The molecule has 5 rings (SSSR count). The molecule has 1 spiro atoms. The molecule has 0 bridgehead atoms. The van der Waals surface area contributed by atoms with Crippen LogP contribution in [0.5, 0.6) is 0 Å². The second-order valence-corrected chi connectivity index (χ2v) is 8.19. The minimum absolute atomic E-state index is 0.393. The van der Waals surface area contributed by atoms with E-state index in [2.05, 4.69) is 25.1 Å². The quantitative estimate of drug-likeness (QED) is 0.698. The summed E-state index contributed by atoms with van der Waals surface area (Å²) in [6.45, 7) is 2.10. The zero-order valence-corrected chi connectivity index (χ0v) is 15.8. The molecule has 3 aromatic heterocycles. The predicted octanol–water partition coefficient (Wildman–Crippen LogP) is 3.81. The number of anilines is 2. The van der Waals surface area contributed by atoms with Crippen molar-refractivity contribution < 1.29 is 0 Å². The molecule has 2 aliphatic rings. The average Bonchev–Trinajstić information content (AvgIpc) is 3.31. The van der Waals surface area contributed by atoms with Gasteiger partial charge in [-0.05, 0) is 37.2 Å². The van der Waals surface area contributed by atoms with Crippen LogP contribution in [0.1, 0.15) is 38.5 Å². The Labute approximate surface area is 162 Å². The summed E-state index contributed by atoms with van der Waals surface area (Å²) in [7, 11) is 0. The largest absolute Gasteiger partial charge is 0.384 e. The number of pyridine rings is 1. The minimum Gasteiger partial charge on any atom is -0.384 e. The first-order chi connectivity index (χ1) is 13.1. The molecule has 0 aromatic carbocycles. The molecule has 1 aliphatic heterocycles. The number of aromatic nitrogens is 5. The maximum Gasteiger partial charge on any atom is 0.177 e. The highest BCUT2D eigenvalue weighted by molar-refractivity contribution is 6.33. The summed E-state index contributed by atoms with van der Waals surface area (Å²) >= 11 is 6.27. The number of nitrogens with zero attached hydrogens (tertiary/aromatic N) is 5. The van der Waals surface area contributed by atoms with E-state index < -0.39 is 0 Å². The molecule has 140 valence electrons. The van der Waals surface area contributed by atoms with Crippen molar-refractivity contribution in [3.8, 4) is 11.3 Å². The number of hydrogen-bond acceptors (Lipinski definition) is 6. The highest BCUT2D eigenvalue weighted by atomic mass is 35.5. The van der Waals surface area contributed by atoms with Crippen LogP contribution in [0.3, 0.4) is 0 Å². The van der Waals surface area contributed by atoms with Gasteiger partial charge in [0.25, 0.3) is 0 Å². The second-order valence-electron chi connectivity index (χ2n) is 7.78. The maximum atomic E-state index is 6.27. The van der Waals surface area contributed by atoms with Crippen LogP contribution in [0.4, 0.5) is 11.6 Å². The first kappa shape index (κ1) is 16.7. The number of aromatic amines is 1. The van der Waals surface area contributed by atoms with Gasteiger partial charge in [0, 0.05) is 24.8 Å². The summed E-state index contributed by atoms with van der Waals surface area (Å²) in [5.41, 5.74) is 9.09. The van der Waals surface area contributed by atoms with Crippen LogP contribution in [-0.4, -0.2) is 38.2 Å².